The van der Waals surface area contributed by atoms with Crippen LogP contribution in [0.2, 0.25) is 0 Å². The summed E-state index contributed by atoms with van der Waals surface area (Å²) in [6.07, 6.45) is 6.89. The molecule has 0 amide bonds. The van der Waals surface area contributed by atoms with E-state index in [0.717, 1.165) is 24.2 Å². The number of benzene rings is 1. The second-order valence-electron chi connectivity index (χ2n) is 8.06. The molecule has 0 saturated heterocycles. The summed E-state index contributed by atoms with van der Waals surface area (Å²) >= 11 is 0. The van der Waals surface area contributed by atoms with Gasteiger partial charge in [-0.3, -0.25) is 4.79 Å². The zero-order chi connectivity index (χ0) is 20.1. The van der Waals surface area contributed by atoms with Gasteiger partial charge in [0, 0.05) is 12.5 Å². The molecule has 2 saturated carbocycles. The number of ether oxygens (including phenoxy) is 2. The molecule has 2 fully saturated rings. The Labute approximate surface area is 166 Å². The van der Waals surface area contributed by atoms with E-state index in [1.165, 1.54) is 31.1 Å². The van der Waals surface area contributed by atoms with Gasteiger partial charge in [0.25, 0.3) is 0 Å². The highest BCUT2D eigenvalue weighted by molar-refractivity contribution is 5.87. The first-order valence-corrected chi connectivity index (χ1v) is 10.2. The minimum absolute atomic E-state index is 0.0314. The second-order valence-corrected chi connectivity index (χ2v) is 8.06. The first-order valence-electron chi connectivity index (χ1n) is 10.2. The molecule has 152 valence electrons. The van der Waals surface area contributed by atoms with Crippen molar-refractivity contribution in [1.29, 1.82) is 0 Å². The van der Waals surface area contributed by atoms with E-state index in [9.17, 15) is 14.0 Å². The van der Waals surface area contributed by atoms with Gasteiger partial charge in [-0.1, -0.05) is 32.4 Å². The average molecular weight is 388 g/mol. The van der Waals surface area contributed by atoms with Crippen molar-refractivity contribution in [2.75, 3.05) is 13.2 Å². The molecule has 0 aliphatic heterocycles. The second kappa shape index (κ2) is 9.35. The Hall–Kier alpha value is -2.17. The number of rotatable bonds is 8. The Morgan fingerprint density at radius 3 is 2.54 bits per heavy atom. The summed E-state index contributed by atoms with van der Waals surface area (Å²) in [4.78, 5) is 23.8. The molecule has 3 rings (SSSR count). The first-order chi connectivity index (χ1) is 13.5. The molecule has 2 aliphatic rings. The summed E-state index contributed by atoms with van der Waals surface area (Å²) in [6, 6.07) is 5.79. The third kappa shape index (κ3) is 5.00. The van der Waals surface area contributed by atoms with Crippen LogP contribution in [0.3, 0.4) is 0 Å². The van der Waals surface area contributed by atoms with Crippen molar-refractivity contribution in [2.45, 2.75) is 39.5 Å². The molecule has 4 nitrogen and oxygen atoms in total. The Balaban J connectivity index is 1.32. The SMILES string of the molecule is CCC1C(C)C2CC(CC(=O)OCCOC(=O)/C=C/c3ccc(F)cc3)C1C2. The Kier molecular flexibility index (Phi) is 6.87. The van der Waals surface area contributed by atoms with E-state index in [-0.39, 0.29) is 25.0 Å². The zero-order valence-electron chi connectivity index (χ0n) is 16.6. The van der Waals surface area contributed by atoms with Crippen LogP contribution in [0.15, 0.2) is 30.3 Å². The van der Waals surface area contributed by atoms with Gasteiger partial charge in [-0.2, -0.15) is 0 Å². The fourth-order valence-corrected chi connectivity index (χ4v) is 5.16. The van der Waals surface area contributed by atoms with Crippen LogP contribution in [0.1, 0.15) is 45.1 Å². The Bertz CT molecular complexity index is 712. The highest BCUT2D eigenvalue weighted by atomic mass is 19.1. The third-order valence-electron chi connectivity index (χ3n) is 6.53. The van der Waals surface area contributed by atoms with E-state index in [1.807, 2.05) is 0 Å². The van der Waals surface area contributed by atoms with Crippen LogP contribution < -0.4 is 0 Å². The largest absolute Gasteiger partial charge is 0.462 e. The zero-order valence-corrected chi connectivity index (χ0v) is 16.6. The highest BCUT2D eigenvalue weighted by Crippen LogP contribution is 2.57. The number of halogens is 1. The minimum atomic E-state index is -0.520. The van der Waals surface area contributed by atoms with Crippen molar-refractivity contribution in [3.8, 4) is 0 Å². The molecule has 0 radical (unpaired) electrons. The van der Waals surface area contributed by atoms with E-state index in [2.05, 4.69) is 13.8 Å². The number of carbonyl (C=O) groups is 2. The number of carbonyl (C=O) groups excluding carboxylic acids is 2. The van der Waals surface area contributed by atoms with E-state index in [4.69, 9.17) is 9.47 Å². The fourth-order valence-electron chi connectivity index (χ4n) is 5.16. The van der Waals surface area contributed by atoms with Gasteiger partial charge in [0.1, 0.15) is 19.0 Å². The minimum Gasteiger partial charge on any atom is -0.462 e. The molecule has 2 aliphatic carbocycles. The maximum absolute atomic E-state index is 12.8. The fraction of sp³-hybridized carbons (Fsp3) is 0.565. The molecular formula is C23H29FO4. The van der Waals surface area contributed by atoms with E-state index < -0.39 is 5.97 Å². The van der Waals surface area contributed by atoms with Gasteiger partial charge in [0.05, 0.1) is 0 Å². The number of fused-ring (bicyclic) bond motifs is 2. The summed E-state index contributed by atoms with van der Waals surface area (Å²) in [6.45, 7) is 4.70. The van der Waals surface area contributed by atoms with Crippen molar-refractivity contribution in [1.82, 2.24) is 0 Å². The summed E-state index contributed by atoms with van der Waals surface area (Å²) in [5.41, 5.74) is 0.704. The van der Waals surface area contributed by atoms with Crippen LogP contribution in [0.4, 0.5) is 4.39 Å². The van der Waals surface area contributed by atoms with Crippen molar-refractivity contribution < 1.29 is 23.5 Å². The molecule has 5 atom stereocenters. The summed E-state index contributed by atoms with van der Waals surface area (Å²) in [7, 11) is 0. The number of esters is 2. The van der Waals surface area contributed by atoms with Gasteiger partial charge in [0.2, 0.25) is 0 Å². The van der Waals surface area contributed by atoms with Gasteiger partial charge in [0.15, 0.2) is 0 Å². The average Bonchev–Trinajstić information content (AvgIpc) is 3.22. The predicted octanol–water partition coefficient (Wildman–Crippen LogP) is 4.63. The summed E-state index contributed by atoms with van der Waals surface area (Å²) in [5, 5.41) is 0. The maximum Gasteiger partial charge on any atom is 0.330 e. The van der Waals surface area contributed by atoms with E-state index >= 15 is 0 Å². The molecule has 1 aromatic carbocycles. The van der Waals surface area contributed by atoms with Gasteiger partial charge in [-0.05, 0) is 66.2 Å². The molecule has 28 heavy (non-hydrogen) atoms. The third-order valence-corrected chi connectivity index (χ3v) is 6.53. The van der Waals surface area contributed by atoms with Crippen molar-refractivity contribution in [3.05, 3.63) is 41.7 Å². The molecule has 5 heteroatoms. The molecule has 0 spiro atoms. The molecule has 0 N–H and O–H groups in total. The molecule has 2 bridgehead atoms. The lowest BCUT2D eigenvalue weighted by Gasteiger charge is -2.33. The lowest BCUT2D eigenvalue weighted by Crippen LogP contribution is -2.28. The van der Waals surface area contributed by atoms with Crippen molar-refractivity contribution in [2.24, 2.45) is 29.6 Å². The van der Waals surface area contributed by atoms with Crippen LogP contribution in [0, 0.1) is 35.4 Å². The Morgan fingerprint density at radius 2 is 1.86 bits per heavy atom. The van der Waals surface area contributed by atoms with Gasteiger partial charge >= 0.3 is 11.9 Å². The van der Waals surface area contributed by atoms with Crippen LogP contribution in [0.5, 0.6) is 0 Å². The van der Waals surface area contributed by atoms with E-state index in [1.54, 1.807) is 18.2 Å². The van der Waals surface area contributed by atoms with Crippen molar-refractivity contribution in [3.63, 3.8) is 0 Å². The summed E-state index contributed by atoms with van der Waals surface area (Å²) < 4.78 is 23.1. The molecule has 0 heterocycles. The number of hydrogen-bond acceptors (Lipinski definition) is 4. The summed E-state index contributed by atoms with van der Waals surface area (Å²) in [5.74, 6) is 2.35. The van der Waals surface area contributed by atoms with E-state index in [0.29, 0.717) is 23.8 Å². The van der Waals surface area contributed by atoms with Crippen LogP contribution in [0.25, 0.3) is 6.08 Å². The van der Waals surface area contributed by atoms with Crippen LogP contribution >= 0.6 is 0 Å². The molecule has 0 aromatic heterocycles. The highest BCUT2D eigenvalue weighted by Gasteiger charge is 2.50. The standard InChI is InChI=1S/C23H29FO4/c1-3-20-15(2)17-12-18(21(20)13-17)14-23(26)28-11-10-27-22(25)9-6-16-4-7-19(24)8-5-16/h4-9,15,17-18,20-21H,3,10-14H2,1-2H3/b9-6+. The normalized spacial score (nSPS) is 28.6. The quantitative estimate of drug-likeness (QED) is 0.370. The predicted molar refractivity (Wildman–Crippen MR) is 105 cm³/mol. The van der Waals surface area contributed by atoms with Crippen LogP contribution in [-0.4, -0.2) is 25.2 Å². The molecular weight excluding hydrogens is 359 g/mol. The smallest absolute Gasteiger partial charge is 0.330 e. The Morgan fingerprint density at radius 1 is 1.14 bits per heavy atom. The lowest BCUT2D eigenvalue weighted by atomic mass is 9.72. The first kappa shape index (κ1) is 20.6. The maximum atomic E-state index is 12.8. The molecule has 5 unspecified atom stereocenters. The molecule has 1 aromatic rings. The van der Waals surface area contributed by atoms with Gasteiger partial charge in [-0.25, -0.2) is 9.18 Å². The van der Waals surface area contributed by atoms with Gasteiger partial charge in [-0.15, -0.1) is 0 Å². The van der Waals surface area contributed by atoms with Crippen LogP contribution in [-0.2, 0) is 19.1 Å². The lowest BCUT2D eigenvalue weighted by molar-refractivity contribution is -0.151. The monoisotopic (exact) mass is 388 g/mol. The van der Waals surface area contributed by atoms with Gasteiger partial charge < -0.3 is 9.47 Å². The topological polar surface area (TPSA) is 52.6 Å². The number of hydrogen-bond donors (Lipinski definition) is 0. The van der Waals surface area contributed by atoms with Crippen molar-refractivity contribution >= 4 is 18.0 Å².